The van der Waals surface area contributed by atoms with Crippen LogP contribution in [0.5, 0.6) is 0 Å². The summed E-state index contributed by atoms with van der Waals surface area (Å²) in [7, 11) is 1.62. The number of ether oxygens (including phenoxy) is 1. The molecule has 0 radical (unpaired) electrons. The van der Waals surface area contributed by atoms with E-state index >= 15 is 0 Å². The van der Waals surface area contributed by atoms with Crippen LogP contribution in [0.3, 0.4) is 0 Å². The van der Waals surface area contributed by atoms with Crippen LogP contribution in [0, 0.1) is 0 Å². The Balaban J connectivity index is 1.66. The van der Waals surface area contributed by atoms with Crippen molar-refractivity contribution in [3.8, 4) is 0 Å². The van der Waals surface area contributed by atoms with Crippen molar-refractivity contribution in [3.05, 3.63) is 35.9 Å². The number of aryl methyl sites for hydroxylation is 1. The molecule has 25 heavy (non-hydrogen) atoms. The second-order valence-electron chi connectivity index (χ2n) is 6.51. The van der Waals surface area contributed by atoms with Crippen molar-refractivity contribution in [1.29, 1.82) is 0 Å². The van der Waals surface area contributed by atoms with Crippen molar-refractivity contribution in [2.45, 2.75) is 32.2 Å². The van der Waals surface area contributed by atoms with E-state index in [4.69, 9.17) is 4.74 Å². The van der Waals surface area contributed by atoms with Gasteiger partial charge in [0.2, 0.25) is 5.91 Å². The van der Waals surface area contributed by atoms with Gasteiger partial charge in [0.1, 0.15) is 0 Å². The van der Waals surface area contributed by atoms with Gasteiger partial charge in [-0.2, -0.15) is 0 Å². The summed E-state index contributed by atoms with van der Waals surface area (Å²) in [6.45, 7) is 4.78. The molecule has 0 spiro atoms. The number of urea groups is 1. The van der Waals surface area contributed by atoms with Gasteiger partial charge in [0.05, 0.1) is 12.6 Å². The van der Waals surface area contributed by atoms with Gasteiger partial charge in [-0.25, -0.2) is 4.79 Å². The second-order valence-corrected chi connectivity index (χ2v) is 6.51. The largest absolute Gasteiger partial charge is 0.383 e. The van der Waals surface area contributed by atoms with E-state index in [-0.39, 0.29) is 18.0 Å². The van der Waals surface area contributed by atoms with Crippen LogP contribution >= 0.6 is 0 Å². The number of methoxy groups -OCH3 is 1. The molecule has 2 rings (SSSR count). The van der Waals surface area contributed by atoms with Crippen molar-refractivity contribution in [1.82, 2.24) is 15.1 Å². The fourth-order valence-electron chi connectivity index (χ4n) is 3.00. The molecule has 0 aliphatic carbocycles. The predicted octanol–water partition coefficient (Wildman–Crippen LogP) is 1.90. The van der Waals surface area contributed by atoms with Crippen LogP contribution in [-0.4, -0.2) is 67.7 Å². The number of hydrogen-bond donors (Lipinski definition) is 1. The molecule has 1 fully saturated rings. The molecule has 1 aromatic carbocycles. The van der Waals surface area contributed by atoms with E-state index in [1.807, 2.05) is 30.0 Å². The highest BCUT2D eigenvalue weighted by Crippen LogP contribution is 2.09. The maximum atomic E-state index is 12.3. The highest BCUT2D eigenvalue weighted by molar-refractivity contribution is 5.77. The van der Waals surface area contributed by atoms with Crippen molar-refractivity contribution in [3.63, 3.8) is 0 Å². The van der Waals surface area contributed by atoms with E-state index in [1.54, 1.807) is 12.0 Å². The van der Waals surface area contributed by atoms with Gasteiger partial charge < -0.3 is 19.9 Å². The average Bonchev–Trinajstić information content (AvgIpc) is 2.63. The molecule has 1 atom stereocenters. The third-order valence-electron chi connectivity index (χ3n) is 4.41. The average molecular weight is 347 g/mol. The Morgan fingerprint density at radius 1 is 1.12 bits per heavy atom. The molecule has 1 heterocycles. The van der Waals surface area contributed by atoms with Gasteiger partial charge >= 0.3 is 6.03 Å². The number of carbonyl (C=O) groups excluding carboxylic acids is 2. The first-order valence-corrected chi connectivity index (χ1v) is 8.96. The van der Waals surface area contributed by atoms with Crippen molar-refractivity contribution >= 4 is 11.9 Å². The Morgan fingerprint density at radius 3 is 2.40 bits per heavy atom. The number of rotatable bonds is 7. The monoisotopic (exact) mass is 347 g/mol. The second kappa shape index (κ2) is 10.0. The normalized spacial score (nSPS) is 15.8. The topological polar surface area (TPSA) is 61.9 Å². The number of benzene rings is 1. The highest BCUT2D eigenvalue weighted by atomic mass is 16.5. The Morgan fingerprint density at radius 2 is 1.76 bits per heavy atom. The lowest BCUT2D eigenvalue weighted by Gasteiger charge is -2.35. The van der Waals surface area contributed by atoms with E-state index in [0.29, 0.717) is 39.2 Å². The van der Waals surface area contributed by atoms with Gasteiger partial charge in [0.25, 0.3) is 0 Å². The van der Waals surface area contributed by atoms with E-state index in [2.05, 4.69) is 17.4 Å². The predicted molar refractivity (Wildman–Crippen MR) is 97.4 cm³/mol. The van der Waals surface area contributed by atoms with Crippen LogP contribution < -0.4 is 5.32 Å². The summed E-state index contributed by atoms with van der Waals surface area (Å²) in [6.07, 6.45) is 2.34. The summed E-state index contributed by atoms with van der Waals surface area (Å²) in [5.41, 5.74) is 1.27. The van der Waals surface area contributed by atoms with E-state index < -0.39 is 0 Å². The van der Waals surface area contributed by atoms with E-state index in [1.165, 1.54) is 5.56 Å². The molecule has 3 amide bonds. The molecule has 0 aromatic heterocycles. The van der Waals surface area contributed by atoms with Crippen LogP contribution in [0.1, 0.15) is 25.3 Å². The lowest BCUT2D eigenvalue weighted by atomic mass is 10.1. The zero-order valence-electron chi connectivity index (χ0n) is 15.2. The number of piperazine rings is 1. The molecule has 138 valence electrons. The highest BCUT2D eigenvalue weighted by Gasteiger charge is 2.24. The first-order valence-electron chi connectivity index (χ1n) is 8.96. The molecule has 0 bridgehead atoms. The summed E-state index contributed by atoms with van der Waals surface area (Å²) in [5.74, 6) is 0.184. The third kappa shape index (κ3) is 6.38. The maximum absolute atomic E-state index is 12.3. The number of nitrogens with zero attached hydrogens (tertiary/aromatic N) is 2. The van der Waals surface area contributed by atoms with Gasteiger partial charge in [-0.05, 0) is 25.3 Å². The van der Waals surface area contributed by atoms with Crippen molar-refractivity contribution in [2.75, 3.05) is 39.9 Å². The SMILES string of the molecule is COC[C@H](C)NC(=O)N1CCN(C(=O)CCCc2ccccc2)CC1. The van der Waals surface area contributed by atoms with Crippen LogP contribution in [0.15, 0.2) is 30.3 Å². The lowest BCUT2D eigenvalue weighted by molar-refractivity contribution is -0.132. The minimum absolute atomic E-state index is 0.0184. The van der Waals surface area contributed by atoms with Crippen LogP contribution in [0.25, 0.3) is 0 Å². The molecular weight excluding hydrogens is 318 g/mol. The molecular formula is C19H29N3O3. The Kier molecular flexibility index (Phi) is 7.73. The molecule has 1 saturated heterocycles. The van der Waals surface area contributed by atoms with E-state index in [0.717, 1.165) is 12.8 Å². The maximum Gasteiger partial charge on any atom is 0.317 e. The molecule has 1 aliphatic heterocycles. The summed E-state index contributed by atoms with van der Waals surface area (Å²) >= 11 is 0. The quantitative estimate of drug-likeness (QED) is 0.819. The molecule has 6 nitrogen and oxygen atoms in total. The van der Waals surface area contributed by atoms with Crippen LogP contribution in [-0.2, 0) is 16.0 Å². The Labute approximate surface area is 150 Å². The minimum atomic E-state index is -0.0827. The van der Waals surface area contributed by atoms with Crippen molar-refractivity contribution in [2.24, 2.45) is 0 Å². The summed E-state index contributed by atoms with van der Waals surface area (Å²) in [4.78, 5) is 28.1. The zero-order chi connectivity index (χ0) is 18.1. The number of nitrogens with one attached hydrogen (secondary N) is 1. The molecule has 6 heteroatoms. The van der Waals surface area contributed by atoms with E-state index in [9.17, 15) is 9.59 Å². The summed E-state index contributed by atoms with van der Waals surface area (Å²) < 4.78 is 5.02. The van der Waals surface area contributed by atoms with Gasteiger partial charge in [-0.1, -0.05) is 30.3 Å². The smallest absolute Gasteiger partial charge is 0.317 e. The van der Waals surface area contributed by atoms with Gasteiger partial charge in [-0.3, -0.25) is 4.79 Å². The standard InChI is InChI=1S/C19H29N3O3/c1-16(15-25-2)20-19(24)22-13-11-21(12-14-22)18(23)10-6-9-17-7-4-3-5-8-17/h3-5,7-8,16H,6,9-15H2,1-2H3,(H,20,24)/t16-/m0/s1. The Bertz CT molecular complexity index is 542. The first-order chi connectivity index (χ1) is 12.1. The van der Waals surface area contributed by atoms with Gasteiger partial charge in [0, 0.05) is 39.7 Å². The first kappa shape index (κ1) is 19.2. The Hall–Kier alpha value is -2.08. The third-order valence-corrected chi connectivity index (χ3v) is 4.41. The summed E-state index contributed by atoms with van der Waals surface area (Å²) in [6, 6.07) is 10.1. The number of amides is 3. The minimum Gasteiger partial charge on any atom is -0.383 e. The molecule has 1 aromatic rings. The molecule has 0 saturated carbocycles. The molecule has 0 unspecified atom stereocenters. The zero-order valence-corrected chi connectivity index (χ0v) is 15.2. The molecule has 1 aliphatic rings. The number of carbonyl (C=O) groups is 2. The lowest BCUT2D eigenvalue weighted by Crippen LogP contribution is -2.54. The number of hydrogen-bond acceptors (Lipinski definition) is 3. The van der Waals surface area contributed by atoms with Crippen LogP contribution in [0.2, 0.25) is 0 Å². The fraction of sp³-hybridized carbons (Fsp3) is 0.579. The van der Waals surface area contributed by atoms with Crippen LogP contribution in [0.4, 0.5) is 4.79 Å². The fourth-order valence-corrected chi connectivity index (χ4v) is 3.00. The van der Waals surface area contributed by atoms with Crippen molar-refractivity contribution < 1.29 is 14.3 Å². The molecule has 1 N–H and O–H groups in total. The summed E-state index contributed by atoms with van der Waals surface area (Å²) in [5, 5.41) is 2.91. The van der Waals surface area contributed by atoms with Gasteiger partial charge in [0.15, 0.2) is 0 Å². The van der Waals surface area contributed by atoms with Gasteiger partial charge in [-0.15, -0.1) is 0 Å².